The predicted molar refractivity (Wildman–Crippen MR) is 80.7 cm³/mol. The highest BCUT2D eigenvalue weighted by molar-refractivity contribution is 5.68. The van der Waals surface area contributed by atoms with Gasteiger partial charge in [0.25, 0.3) is 5.82 Å². The Balaban J connectivity index is 1.95. The van der Waals surface area contributed by atoms with Gasteiger partial charge in [0.1, 0.15) is 24.3 Å². The fourth-order valence-electron chi connectivity index (χ4n) is 2.62. The van der Waals surface area contributed by atoms with Crippen molar-refractivity contribution in [2.75, 3.05) is 6.54 Å². The molecule has 1 amide bonds. The van der Waals surface area contributed by atoms with Crippen LogP contribution in [-0.4, -0.2) is 52.7 Å². The van der Waals surface area contributed by atoms with E-state index in [0.717, 1.165) is 0 Å². The quantitative estimate of drug-likeness (QED) is 0.798. The number of hydrogen-bond acceptors (Lipinski definition) is 6. The molecule has 12 heteroatoms. The van der Waals surface area contributed by atoms with Gasteiger partial charge in [0.15, 0.2) is 5.82 Å². The molecule has 3 heterocycles. The Morgan fingerprint density at radius 3 is 2.46 bits per heavy atom. The largest absolute Gasteiger partial charge is 0.453 e. The van der Waals surface area contributed by atoms with Gasteiger partial charge in [0.2, 0.25) is 0 Å². The molecule has 2 aromatic rings. The van der Waals surface area contributed by atoms with E-state index >= 15 is 0 Å². The molecule has 0 saturated heterocycles. The number of halogens is 3. The first-order valence-electron chi connectivity index (χ1n) is 7.88. The lowest BCUT2D eigenvalue weighted by molar-refractivity contribution is -0.145. The van der Waals surface area contributed by atoms with Crippen LogP contribution in [0.3, 0.4) is 0 Å². The fraction of sp³-hybridized carbons (Fsp3) is 0.643. The van der Waals surface area contributed by atoms with Crippen molar-refractivity contribution in [2.45, 2.75) is 51.7 Å². The van der Waals surface area contributed by atoms with E-state index < -0.39 is 29.7 Å². The van der Waals surface area contributed by atoms with Crippen LogP contribution in [0.1, 0.15) is 38.5 Å². The summed E-state index contributed by atoms with van der Waals surface area (Å²) in [4.78, 5) is 17.5. The van der Waals surface area contributed by atoms with E-state index in [-0.39, 0.29) is 25.5 Å². The van der Waals surface area contributed by atoms with Gasteiger partial charge in [0.05, 0.1) is 13.1 Å². The summed E-state index contributed by atoms with van der Waals surface area (Å²) >= 11 is 0. The topological polar surface area (TPSA) is 91.0 Å². The second kappa shape index (κ2) is 6.25. The zero-order valence-electron chi connectivity index (χ0n) is 14.4. The van der Waals surface area contributed by atoms with Gasteiger partial charge in [-0.15, -0.1) is 15.3 Å². The predicted octanol–water partition coefficient (Wildman–Crippen LogP) is 1.88. The third kappa shape index (κ3) is 3.78. The molecule has 0 spiro atoms. The van der Waals surface area contributed by atoms with Gasteiger partial charge in [-0.3, -0.25) is 4.90 Å². The molecule has 1 aliphatic heterocycles. The Hall–Kier alpha value is -2.66. The number of aromatic nitrogens is 6. The van der Waals surface area contributed by atoms with E-state index in [0.29, 0.717) is 0 Å². The molecular weight excluding hydrogens is 355 g/mol. The summed E-state index contributed by atoms with van der Waals surface area (Å²) in [6, 6.07) is -0.793. The number of fused-ring (bicyclic) bond motifs is 1. The lowest BCUT2D eigenvalue weighted by Gasteiger charge is -2.36. The van der Waals surface area contributed by atoms with Gasteiger partial charge < -0.3 is 9.30 Å². The maximum absolute atomic E-state index is 13.0. The first-order chi connectivity index (χ1) is 12.0. The van der Waals surface area contributed by atoms with Gasteiger partial charge in [0, 0.05) is 6.54 Å². The van der Waals surface area contributed by atoms with E-state index in [2.05, 4.69) is 20.3 Å². The van der Waals surface area contributed by atoms with Crippen molar-refractivity contribution in [1.82, 2.24) is 34.4 Å². The molecule has 9 nitrogen and oxygen atoms in total. The molecule has 1 unspecified atom stereocenters. The van der Waals surface area contributed by atoms with Crippen LogP contribution in [-0.2, 0) is 24.0 Å². The summed E-state index contributed by atoms with van der Waals surface area (Å²) in [5.74, 6) is -1.18. The monoisotopic (exact) mass is 373 g/mol. The summed E-state index contributed by atoms with van der Waals surface area (Å²) in [6.45, 7) is 5.52. The molecule has 0 N–H and O–H groups in total. The van der Waals surface area contributed by atoms with Crippen LogP contribution in [0.5, 0.6) is 0 Å². The minimum absolute atomic E-state index is 0.0446. The van der Waals surface area contributed by atoms with Crippen LogP contribution in [0.2, 0.25) is 0 Å². The Bertz CT molecular complexity index is 780. The lowest BCUT2D eigenvalue weighted by Crippen LogP contribution is -2.46. The Kier molecular flexibility index (Phi) is 4.36. The standard InChI is InChI=1S/C14H18F3N7O2/c1-13(2,3)26-12(25)23-4-5-24-10(20-11(21-24)14(15,16)17)9(23)6-22-7-18-19-8-22/h7-9H,4-6H2,1-3H3. The van der Waals surface area contributed by atoms with Crippen LogP contribution in [0.4, 0.5) is 18.0 Å². The van der Waals surface area contributed by atoms with Crippen LogP contribution in [0.15, 0.2) is 12.7 Å². The fourth-order valence-corrected chi connectivity index (χ4v) is 2.62. The minimum atomic E-state index is -4.66. The van der Waals surface area contributed by atoms with Crippen molar-refractivity contribution in [1.29, 1.82) is 0 Å². The highest BCUT2D eigenvalue weighted by Crippen LogP contribution is 2.32. The molecule has 3 rings (SSSR count). The summed E-state index contributed by atoms with van der Waals surface area (Å²) < 4.78 is 47.1. The van der Waals surface area contributed by atoms with Gasteiger partial charge in [-0.25, -0.2) is 14.5 Å². The summed E-state index contributed by atoms with van der Waals surface area (Å²) in [6.07, 6.45) is -2.47. The van der Waals surface area contributed by atoms with Crippen molar-refractivity contribution in [3.63, 3.8) is 0 Å². The molecule has 0 bridgehead atoms. The highest BCUT2D eigenvalue weighted by atomic mass is 19.4. The zero-order valence-corrected chi connectivity index (χ0v) is 14.4. The van der Waals surface area contributed by atoms with E-state index in [1.54, 1.807) is 25.3 Å². The molecule has 0 fully saturated rings. The summed E-state index contributed by atoms with van der Waals surface area (Å²) in [5, 5.41) is 10.9. The first-order valence-corrected chi connectivity index (χ1v) is 7.88. The minimum Gasteiger partial charge on any atom is -0.444 e. The van der Waals surface area contributed by atoms with Crippen molar-refractivity contribution >= 4 is 6.09 Å². The first kappa shape index (κ1) is 18.1. The van der Waals surface area contributed by atoms with E-state index in [1.807, 2.05) is 0 Å². The maximum atomic E-state index is 13.0. The van der Waals surface area contributed by atoms with Crippen LogP contribution >= 0.6 is 0 Å². The van der Waals surface area contributed by atoms with E-state index in [4.69, 9.17) is 4.74 Å². The van der Waals surface area contributed by atoms with Crippen molar-refractivity contribution in [3.05, 3.63) is 24.3 Å². The number of alkyl halides is 3. The second-order valence-corrected chi connectivity index (χ2v) is 6.86. The van der Waals surface area contributed by atoms with Gasteiger partial charge >= 0.3 is 12.3 Å². The SMILES string of the molecule is CC(C)(C)OC(=O)N1CCn2nc(C(F)(F)F)nc2C1Cn1cnnc1. The number of nitrogens with zero attached hydrogens (tertiary/aromatic N) is 7. The summed E-state index contributed by atoms with van der Waals surface area (Å²) in [7, 11) is 0. The summed E-state index contributed by atoms with van der Waals surface area (Å²) in [5.41, 5.74) is -0.736. The number of hydrogen-bond donors (Lipinski definition) is 0. The van der Waals surface area contributed by atoms with Crippen molar-refractivity contribution in [2.24, 2.45) is 0 Å². The maximum Gasteiger partial charge on any atom is 0.453 e. The van der Waals surface area contributed by atoms with E-state index in [9.17, 15) is 18.0 Å². The Labute approximate surface area is 146 Å². The molecule has 0 aromatic carbocycles. The normalized spacial score (nSPS) is 17.9. The van der Waals surface area contributed by atoms with Crippen LogP contribution < -0.4 is 0 Å². The third-order valence-corrected chi connectivity index (χ3v) is 3.66. The number of ether oxygens (including phenoxy) is 1. The molecule has 0 saturated carbocycles. The second-order valence-electron chi connectivity index (χ2n) is 6.86. The molecule has 1 atom stereocenters. The van der Waals surface area contributed by atoms with Gasteiger partial charge in [-0.1, -0.05) is 0 Å². The average Bonchev–Trinajstić information content (AvgIpc) is 3.13. The smallest absolute Gasteiger partial charge is 0.444 e. The Morgan fingerprint density at radius 1 is 1.23 bits per heavy atom. The van der Waals surface area contributed by atoms with Crippen LogP contribution in [0.25, 0.3) is 0 Å². The number of amides is 1. The molecule has 1 aliphatic rings. The van der Waals surface area contributed by atoms with Crippen molar-refractivity contribution < 1.29 is 22.7 Å². The molecule has 0 radical (unpaired) electrons. The molecule has 2 aromatic heterocycles. The molecule has 142 valence electrons. The number of carbonyl (C=O) groups is 1. The Morgan fingerprint density at radius 2 is 1.88 bits per heavy atom. The average molecular weight is 373 g/mol. The highest BCUT2D eigenvalue weighted by Gasteiger charge is 2.42. The number of carbonyl (C=O) groups excluding carboxylic acids is 1. The molecular formula is C14H18F3N7O2. The molecule has 0 aliphatic carbocycles. The number of rotatable bonds is 2. The van der Waals surface area contributed by atoms with Gasteiger partial charge in [-0.2, -0.15) is 13.2 Å². The van der Waals surface area contributed by atoms with E-state index in [1.165, 1.54) is 22.2 Å². The van der Waals surface area contributed by atoms with Crippen molar-refractivity contribution in [3.8, 4) is 0 Å². The molecule has 26 heavy (non-hydrogen) atoms. The van der Waals surface area contributed by atoms with Gasteiger partial charge in [-0.05, 0) is 20.8 Å². The van der Waals surface area contributed by atoms with Crippen LogP contribution in [0, 0.1) is 0 Å². The zero-order chi connectivity index (χ0) is 19.1. The third-order valence-electron chi connectivity index (χ3n) is 3.66. The lowest BCUT2D eigenvalue weighted by atomic mass is 10.2.